The molecule has 0 fully saturated rings. The Balaban J connectivity index is 1.53. The van der Waals surface area contributed by atoms with Crippen LogP contribution in [0.1, 0.15) is 20.0 Å². The third-order valence-corrected chi connectivity index (χ3v) is 6.05. The number of thiophene rings is 1. The van der Waals surface area contributed by atoms with Gasteiger partial charge < -0.3 is 11.1 Å². The van der Waals surface area contributed by atoms with E-state index >= 15 is 0 Å². The second kappa shape index (κ2) is 6.70. The molecule has 0 aliphatic heterocycles. The fourth-order valence-electron chi connectivity index (χ4n) is 2.46. The molecule has 0 saturated carbocycles. The van der Waals surface area contributed by atoms with Crippen molar-refractivity contribution in [3.05, 3.63) is 71.1 Å². The number of benzene rings is 2. The Morgan fingerprint density at radius 2 is 1.69 bits per heavy atom. The third-order valence-electron chi connectivity index (χ3n) is 3.76. The van der Waals surface area contributed by atoms with Crippen LogP contribution in [0.3, 0.4) is 0 Å². The molecule has 0 atom stereocenters. The van der Waals surface area contributed by atoms with Gasteiger partial charge in [-0.3, -0.25) is 9.59 Å². The number of thiazole rings is 1. The number of hydrogen-bond acceptors (Lipinski definition) is 5. The number of para-hydroxylation sites is 1. The van der Waals surface area contributed by atoms with Gasteiger partial charge in [0.25, 0.3) is 5.91 Å². The third kappa shape index (κ3) is 3.22. The zero-order chi connectivity index (χ0) is 18.1. The first-order chi connectivity index (χ1) is 12.6. The summed E-state index contributed by atoms with van der Waals surface area (Å²) in [5, 5.41) is 3.72. The lowest BCUT2D eigenvalue weighted by Gasteiger charge is -2.04. The summed E-state index contributed by atoms with van der Waals surface area (Å²) in [6.45, 7) is 0. The number of anilines is 1. The van der Waals surface area contributed by atoms with Crippen molar-refractivity contribution in [2.75, 3.05) is 5.32 Å². The van der Waals surface area contributed by atoms with Gasteiger partial charge in [0.05, 0.1) is 20.0 Å². The lowest BCUT2D eigenvalue weighted by atomic mass is 10.2. The number of nitrogens with two attached hydrogens (primary N) is 1. The highest BCUT2D eigenvalue weighted by Gasteiger charge is 2.13. The van der Waals surface area contributed by atoms with Crippen molar-refractivity contribution >= 4 is 50.4 Å². The largest absolute Gasteiger partial charge is 0.366 e. The zero-order valence-corrected chi connectivity index (χ0v) is 15.1. The molecule has 4 rings (SSSR count). The Bertz CT molecular complexity index is 1080. The molecule has 26 heavy (non-hydrogen) atoms. The van der Waals surface area contributed by atoms with Gasteiger partial charge in [-0.15, -0.1) is 22.7 Å². The van der Waals surface area contributed by atoms with Crippen molar-refractivity contribution < 1.29 is 9.59 Å². The van der Waals surface area contributed by atoms with Gasteiger partial charge in [0.2, 0.25) is 5.91 Å². The van der Waals surface area contributed by atoms with E-state index in [9.17, 15) is 9.59 Å². The standard InChI is InChI=1S/C19H13N3O2S2/c20-17(23)11-5-7-12(8-6-11)21-18(24)15-9-10-16(25-15)19-22-13-3-1-2-4-14(13)26-19/h1-10H,(H2,20,23)(H,21,24). The maximum Gasteiger partial charge on any atom is 0.265 e. The van der Waals surface area contributed by atoms with Gasteiger partial charge >= 0.3 is 0 Å². The fraction of sp³-hybridized carbons (Fsp3) is 0. The van der Waals surface area contributed by atoms with Crippen LogP contribution in [0.15, 0.2) is 60.7 Å². The van der Waals surface area contributed by atoms with Crippen LogP contribution < -0.4 is 11.1 Å². The lowest BCUT2D eigenvalue weighted by Crippen LogP contribution is -2.12. The molecule has 2 amide bonds. The van der Waals surface area contributed by atoms with Crippen molar-refractivity contribution in [2.24, 2.45) is 5.73 Å². The minimum atomic E-state index is -0.499. The topological polar surface area (TPSA) is 85.1 Å². The molecule has 0 bridgehead atoms. The first kappa shape index (κ1) is 16.4. The van der Waals surface area contributed by atoms with Crippen LogP contribution in [0.25, 0.3) is 20.1 Å². The monoisotopic (exact) mass is 379 g/mol. The smallest absolute Gasteiger partial charge is 0.265 e. The van der Waals surface area contributed by atoms with Gasteiger partial charge in [-0.25, -0.2) is 4.98 Å². The zero-order valence-electron chi connectivity index (χ0n) is 13.4. The molecule has 0 radical (unpaired) electrons. The highest BCUT2D eigenvalue weighted by Crippen LogP contribution is 2.34. The minimum Gasteiger partial charge on any atom is -0.366 e. The number of hydrogen-bond donors (Lipinski definition) is 2. The number of aromatic nitrogens is 1. The van der Waals surface area contributed by atoms with E-state index in [4.69, 9.17) is 5.73 Å². The van der Waals surface area contributed by atoms with E-state index in [-0.39, 0.29) is 5.91 Å². The summed E-state index contributed by atoms with van der Waals surface area (Å²) in [6, 6.07) is 18.1. The molecule has 0 spiro atoms. The molecule has 2 heterocycles. The van der Waals surface area contributed by atoms with Crippen LogP contribution in [0.4, 0.5) is 5.69 Å². The Hall–Kier alpha value is -3.03. The van der Waals surface area contributed by atoms with E-state index in [2.05, 4.69) is 10.3 Å². The second-order valence-electron chi connectivity index (χ2n) is 5.55. The maximum atomic E-state index is 12.4. The normalized spacial score (nSPS) is 10.8. The van der Waals surface area contributed by atoms with Crippen LogP contribution in [0.5, 0.6) is 0 Å². The molecule has 5 nitrogen and oxygen atoms in total. The predicted molar refractivity (Wildman–Crippen MR) is 106 cm³/mol. The molecule has 2 aromatic carbocycles. The van der Waals surface area contributed by atoms with Crippen molar-refractivity contribution in [1.29, 1.82) is 0 Å². The number of carbonyl (C=O) groups is 2. The van der Waals surface area contributed by atoms with E-state index in [1.165, 1.54) is 11.3 Å². The number of carbonyl (C=O) groups excluding carboxylic acids is 2. The fourth-order valence-corrected chi connectivity index (χ4v) is 4.38. The highest BCUT2D eigenvalue weighted by atomic mass is 32.1. The van der Waals surface area contributed by atoms with Crippen LogP contribution in [0.2, 0.25) is 0 Å². The summed E-state index contributed by atoms with van der Waals surface area (Å²) < 4.78 is 1.12. The molecule has 128 valence electrons. The predicted octanol–water partition coefficient (Wildman–Crippen LogP) is 4.38. The first-order valence-corrected chi connectivity index (χ1v) is 9.40. The number of amides is 2. The van der Waals surface area contributed by atoms with Gasteiger partial charge in [0.15, 0.2) is 0 Å². The SMILES string of the molecule is NC(=O)c1ccc(NC(=O)c2ccc(-c3nc4ccccc4s3)s2)cc1. The molecule has 3 N–H and O–H groups in total. The molecule has 0 saturated heterocycles. The van der Waals surface area contributed by atoms with Gasteiger partial charge in [0, 0.05) is 11.3 Å². The van der Waals surface area contributed by atoms with E-state index in [0.29, 0.717) is 16.1 Å². The molecule has 0 unspecified atom stereocenters. The van der Waals surface area contributed by atoms with Crippen LogP contribution in [-0.4, -0.2) is 16.8 Å². The van der Waals surface area contributed by atoms with Crippen LogP contribution >= 0.6 is 22.7 Å². The quantitative estimate of drug-likeness (QED) is 0.552. The number of nitrogens with one attached hydrogen (secondary N) is 1. The van der Waals surface area contributed by atoms with Crippen molar-refractivity contribution in [3.8, 4) is 9.88 Å². The van der Waals surface area contributed by atoms with E-state index in [1.54, 1.807) is 41.7 Å². The molecular weight excluding hydrogens is 366 g/mol. The highest BCUT2D eigenvalue weighted by molar-refractivity contribution is 7.26. The Labute approximate surface area is 157 Å². The van der Waals surface area contributed by atoms with Crippen LogP contribution in [-0.2, 0) is 0 Å². The van der Waals surface area contributed by atoms with Crippen molar-refractivity contribution in [1.82, 2.24) is 4.98 Å². The first-order valence-electron chi connectivity index (χ1n) is 7.77. The Morgan fingerprint density at radius 3 is 2.42 bits per heavy atom. The Kier molecular flexibility index (Phi) is 4.24. The van der Waals surface area contributed by atoms with Gasteiger partial charge in [-0.1, -0.05) is 12.1 Å². The van der Waals surface area contributed by atoms with Gasteiger partial charge in [-0.05, 0) is 48.5 Å². The summed E-state index contributed by atoms with van der Waals surface area (Å²) in [7, 11) is 0. The van der Waals surface area contributed by atoms with Crippen molar-refractivity contribution in [2.45, 2.75) is 0 Å². The number of nitrogens with zero attached hydrogens (tertiary/aromatic N) is 1. The molecule has 0 aliphatic carbocycles. The maximum absolute atomic E-state index is 12.4. The van der Waals surface area contributed by atoms with E-state index < -0.39 is 5.91 Å². The van der Waals surface area contributed by atoms with Gasteiger partial charge in [0.1, 0.15) is 5.01 Å². The van der Waals surface area contributed by atoms with E-state index in [1.807, 2.05) is 30.3 Å². The number of rotatable bonds is 4. The molecular formula is C19H13N3O2S2. The number of primary amides is 1. The summed E-state index contributed by atoms with van der Waals surface area (Å²) in [6.07, 6.45) is 0. The van der Waals surface area contributed by atoms with E-state index in [0.717, 1.165) is 20.1 Å². The summed E-state index contributed by atoms with van der Waals surface area (Å²) >= 11 is 3.01. The minimum absolute atomic E-state index is 0.200. The molecule has 7 heteroatoms. The summed E-state index contributed by atoms with van der Waals surface area (Å²) in [5.41, 5.74) is 7.18. The molecule has 2 aromatic heterocycles. The van der Waals surface area contributed by atoms with Crippen molar-refractivity contribution in [3.63, 3.8) is 0 Å². The second-order valence-corrected chi connectivity index (χ2v) is 7.66. The van der Waals surface area contributed by atoms with Gasteiger partial charge in [-0.2, -0.15) is 0 Å². The average Bonchev–Trinajstić information content (AvgIpc) is 3.29. The van der Waals surface area contributed by atoms with Crippen LogP contribution in [0, 0.1) is 0 Å². The summed E-state index contributed by atoms with van der Waals surface area (Å²) in [5.74, 6) is -0.698. The lowest BCUT2D eigenvalue weighted by molar-refractivity contribution is 0.0998. The Morgan fingerprint density at radius 1 is 0.923 bits per heavy atom. The number of fused-ring (bicyclic) bond motifs is 1. The molecule has 4 aromatic rings. The summed E-state index contributed by atoms with van der Waals surface area (Å²) in [4.78, 5) is 29.7. The average molecular weight is 379 g/mol. The molecule has 0 aliphatic rings.